The van der Waals surface area contributed by atoms with Crippen LogP contribution in [0, 0.1) is 0 Å². The lowest BCUT2D eigenvalue weighted by Gasteiger charge is -2.06. The lowest BCUT2D eigenvalue weighted by Crippen LogP contribution is -2.34. The molecule has 0 radical (unpaired) electrons. The number of hydrogen-bond donors (Lipinski definition) is 3. The molecule has 1 aromatic carbocycles. The molecular weight excluding hydrogens is 242 g/mol. The van der Waals surface area contributed by atoms with Crippen LogP contribution in [0.15, 0.2) is 30.5 Å². The number of hydrogen-bond acceptors (Lipinski definition) is 5. The second-order valence-electron chi connectivity index (χ2n) is 2.96. The summed E-state index contributed by atoms with van der Waals surface area (Å²) in [6.07, 6.45) is 1.74. The van der Waals surface area contributed by atoms with E-state index in [1.807, 2.05) is 24.3 Å². The minimum Gasteiger partial charge on any atom is -0.332 e. The normalized spacial score (nSPS) is 9.81. The van der Waals surface area contributed by atoms with E-state index in [1.165, 1.54) is 11.5 Å². The molecule has 4 N–H and O–H groups in total. The molecule has 1 aromatic heterocycles. The first-order valence-corrected chi connectivity index (χ1v) is 5.63. The van der Waals surface area contributed by atoms with E-state index in [2.05, 4.69) is 20.3 Å². The van der Waals surface area contributed by atoms with Crippen LogP contribution in [-0.2, 0) is 0 Å². The van der Waals surface area contributed by atoms with Gasteiger partial charge in [-0.25, -0.2) is 5.84 Å². The highest BCUT2D eigenvalue weighted by molar-refractivity contribution is 7.80. The van der Waals surface area contributed by atoms with Gasteiger partial charge in [-0.3, -0.25) is 0 Å². The molecular formula is C9H9N5S2. The number of rotatable bonds is 2. The number of benzene rings is 1. The Bertz CT molecular complexity index is 465. The van der Waals surface area contributed by atoms with Crippen LogP contribution in [0.2, 0.25) is 0 Å². The van der Waals surface area contributed by atoms with Crippen LogP contribution in [0.5, 0.6) is 0 Å². The van der Waals surface area contributed by atoms with Crippen molar-refractivity contribution in [2.75, 3.05) is 5.32 Å². The van der Waals surface area contributed by atoms with E-state index in [9.17, 15) is 0 Å². The molecule has 0 aliphatic heterocycles. The van der Waals surface area contributed by atoms with Crippen molar-refractivity contribution in [3.8, 4) is 10.4 Å². The van der Waals surface area contributed by atoms with Crippen LogP contribution in [0.3, 0.4) is 0 Å². The van der Waals surface area contributed by atoms with Crippen molar-refractivity contribution >= 4 is 34.6 Å². The molecule has 0 unspecified atom stereocenters. The van der Waals surface area contributed by atoms with E-state index in [0.29, 0.717) is 5.11 Å². The molecule has 7 heteroatoms. The smallest absolute Gasteiger partial charge is 0.185 e. The molecule has 0 saturated carbocycles. The number of hydrazine groups is 1. The number of nitrogens with zero attached hydrogens (tertiary/aromatic N) is 2. The molecule has 0 atom stereocenters. The summed E-state index contributed by atoms with van der Waals surface area (Å²) in [5, 5.41) is 7.10. The molecule has 0 fully saturated rings. The SMILES string of the molecule is NNC(=S)Nc1ccc(-c2cnns2)cc1. The van der Waals surface area contributed by atoms with Gasteiger partial charge in [0.25, 0.3) is 0 Å². The van der Waals surface area contributed by atoms with Gasteiger partial charge in [-0.1, -0.05) is 16.6 Å². The van der Waals surface area contributed by atoms with Gasteiger partial charge in [-0.2, -0.15) is 0 Å². The molecule has 0 saturated heterocycles. The van der Waals surface area contributed by atoms with Crippen LogP contribution in [0.4, 0.5) is 5.69 Å². The maximum atomic E-state index is 5.16. The summed E-state index contributed by atoms with van der Waals surface area (Å²) >= 11 is 6.25. The minimum absolute atomic E-state index is 0.382. The average molecular weight is 251 g/mol. The Balaban J connectivity index is 2.14. The molecule has 0 spiro atoms. The highest BCUT2D eigenvalue weighted by Crippen LogP contribution is 2.23. The second-order valence-corrected chi connectivity index (χ2v) is 4.15. The van der Waals surface area contributed by atoms with Gasteiger partial charge in [0, 0.05) is 5.69 Å². The molecule has 1 heterocycles. The van der Waals surface area contributed by atoms with Crippen molar-refractivity contribution < 1.29 is 0 Å². The molecule has 82 valence electrons. The van der Waals surface area contributed by atoms with Crippen molar-refractivity contribution in [1.82, 2.24) is 15.0 Å². The largest absolute Gasteiger partial charge is 0.332 e. The Morgan fingerprint density at radius 3 is 2.62 bits per heavy atom. The third kappa shape index (κ3) is 2.51. The summed E-state index contributed by atoms with van der Waals surface area (Å²) in [7, 11) is 0. The molecule has 0 aliphatic carbocycles. The predicted molar refractivity (Wildman–Crippen MR) is 68.9 cm³/mol. The Hall–Kier alpha value is -1.57. The molecule has 0 aliphatic rings. The molecule has 0 amide bonds. The fourth-order valence-corrected chi connectivity index (χ4v) is 1.82. The monoisotopic (exact) mass is 251 g/mol. The zero-order chi connectivity index (χ0) is 11.4. The van der Waals surface area contributed by atoms with Crippen LogP contribution in [0.1, 0.15) is 0 Å². The third-order valence-corrected chi connectivity index (χ3v) is 2.85. The predicted octanol–water partition coefficient (Wildman–Crippen LogP) is 1.37. The first-order valence-electron chi connectivity index (χ1n) is 4.45. The van der Waals surface area contributed by atoms with Gasteiger partial charge < -0.3 is 10.7 Å². The van der Waals surface area contributed by atoms with Gasteiger partial charge in [-0.05, 0) is 41.4 Å². The van der Waals surface area contributed by atoms with Gasteiger partial charge in [0.2, 0.25) is 0 Å². The van der Waals surface area contributed by atoms with Crippen LogP contribution < -0.4 is 16.6 Å². The van der Waals surface area contributed by atoms with Gasteiger partial charge in [-0.15, -0.1) is 5.10 Å². The first-order chi connectivity index (χ1) is 7.79. The van der Waals surface area contributed by atoms with Crippen LogP contribution >= 0.6 is 23.8 Å². The third-order valence-electron chi connectivity index (χ3n) is 1.92. The lowest BCUT2D eigenvalue weighted by atomic mass is 10.2. The second kappa shape index (κ2) is 4.97. The fraction of sp³-hybridized carbons (Fsp3) is 0. The van der Waals surface area contributed by atoms with Crippen molar-refractivity contribution in [3.63, 3.8) is 0 Å². The number of nitrogens with one attached hydrogen (secondary N) is 2. The summed E-state index contributed by atoms with van der Waals surface area (Å²) in [5.74, 6) is 5.16. The van der Waals surface area contributed by atoms with E-state index in [0.717, 1.165) is 16.1 Å². The molecule has 5 nitrogen and oxygen atoms in total. The Labute approximate surface area is 102 Å². The molecule has 16 heavy (non-hydrogen) atoms. The topological polar surface area (TPSA) is 75.9 Å². The minimum atomic E-state index is 0.382. The zero-order valence-corrected chi connectivity index (χ0v) is 9.81. The Kier molecular flexibility index (Phi) is 3.40. The Morgan fingerprint density at radius 1 is 1.31 bits per heavy atom. The zero-order valence-electron chi connectivity index (χ0n) is 8.18. The quantitative estimate of drug-likeness (QED) is 0.425. The Morgan fingerprint density at radius 2 is 2.06 bits per heavy atom. The highest BCUT2D eigenvalue weighted by Gasteiger charge is 2.00. The van der Waals surface area contributed by atoms with Crippen molar-refractivity contribution in [1.29, 1.82) is 0 Å². The number of nitrogens with two attached hydrogens (primary N) is 1. The summed E-state index contributed by atoms with van der Waals surface area (Å²) in [4.78, 5) is 1.03. The van der Waals surface area contributed by atoms with E-state index >= 15 is 0 Å². The standard InChI is InChI=1S/C9H9N5S2/c10-13-9(15)12-7-3-1-6(2-4-7)8-5-11-14-16-8/h1-5H,10H2,(H2,12,13,15). The van der Waals surface area contributed by atoms with E-state index in [-0.39, 0.29) is 0 Å². The van der Waals surface area contributed by atoms with E-state index in [1.54, 1.807) is 6.20 Å². The molecule has 2 aromatic rings. The first kappa shape index (κ1) is 10.9. The number of thiocarbonyl (C=S) groups is 1. The summed E-state index contributed by atoms with van der Waals surface area (Å²) in [6.45, 7) is 0. The fourth-order valence-electron chi connectivity index (χ4n) is 1.18. The molecule has 2 rings (SSSR count). The van der Waals surface area contributed by atoms with Gasteiger partial charge in [0.05, 0.1) is 11.1 Å². The van der Waals surface area contributed by atoms with Crippen LogP contribution in [0.25, 0.3) is 10.4 Å². The van der Waals surface area contributed by atoms with Crippen LogP contribution in [-0.4, -0.2) is 14.7 Å². The van der Waals surface area contributed by atoms with E-state index in [4.69, 9.17) is 18.1 Å². The number of aromatic nitrogens is 2. The summed E-state index contributed by atoms with van der Waals surface area (Å²) in [6, 6.07) is 7.77. The van der Waals surface area contributed by atoms with E-state index < -0.39 is 0 Å². The lowest BCUT2D eigenvalue weighted by molar-refractivity contribution is 1.04. The maximum absolute atomic E-state index is 5.16. The molecule has 0 bridgehead atoms. The average Bonchev–Trinajstić information content (AvgIpc) is 2.83. The van der Waals surface area contributed by atoms with Crippen molar-refractivity contribution in [2.24, 2.45) is 5.84 Å². The summed E-state index contributed by atoms with van der Waals surface area (Å²) in [5.41, 5.74) is 4.31. The van der Waals surface area contributed by atoms with Gasteiger partial charge in [0.15, 0.2) is 5.11 Å². The highest BCUT2D eigenvalue weighted by atomic mass is 32.1. The van der Waals surface area contributed by atoms with Gasteiger partial charge >= 0.3 is 0 Å². The van der Waals surface area contributed by atoms with Crippen molar-refractivity contribution in [2.45, 2.75) is 0 Å². The van der Waals surface area contributed by atoms with Gasteiger partial charge in [0.1, 0.15) is 0 Å². The van der Waals surface area contributed by atoms with Crippen molar-refractivity contribution in [3.05, 3.63) is 30.5 Å². The summed E-state index contributed by atoms with van der Waals surface area (Å²) < 4.78 is 3.81. The number of anilines is 1. The maximum Gasteiger partial charge on any atom is 0.185 e.